The van der Waals surface area contributed by atoms with E-state index >= 15 is 0 Å². The van der Waals surface area contributed by atoms with Gasteiger partial charge < -0.3 is 9.88 Å². The molecule has 1 aromatic heterocycles. The number of hydrazone groups is 1. The van der Waals surface area contributed by atoms with Crippen molar-refractivity contribution in [2.75, 3.05) is 11.9 Å². The van der Waals surface area contributed by atoms with Crippen LogP contribution in [0.2, 0.25) is 0 Å². The second-order valence-corrected chi connectivity index (χ2v) is 7.60. The molecule has 0 aliphatic carbocycles. The molecule has 1 amide bonds. The second-order valence-electron chi connectivity index (χ2n) is 7.60. The molecule has 0 bridgehead atoms. The predicted octanol–water partition coefficient (Wildman–Crippen LogP) is 4.87. The van der Waals surface area contributed by atoms with Crippen LogP contribution in [0.4, 0.5) is 5.69 Å². The van der Waals surface area contributed by atoms with Gasteiger partial charge in [-0.05, 0) is 37.6 Å². The van der Waals surface area contributed by atoms with Crippen molar-refractivity contribution in [3.8, 4) is 0 Å². The number of hydrogen-bond donors (Lipinski definition) is 2. The first-order chi connectivity index (χ1) is 15.1. The molecule has 0 radical (unpaired) electrons. The predicted molar refractivity (Wildman–Crippen MR) is 128 cm³/mol. The summed E-state index contributed by atoms with van der Waals surface area (Å²) in [7, 11) is 0. The molecule has 0 aliphatic rings. The third-order valence-corrected chi connectivity index (χ3v) is 5.35. The Labute approximate surface area is 182 Å². The van der Waals surface area contributed by atoms with E-state index in [4.69, 9.17) is 0 Å². The summed E-state index contributed by atoms with van der Waals surface area (Å²) in [4.78, 5) is 12.2. The highest BCUT2D eigenvalue weighted by Gasteiger charge is 2.12. The molecule has 0 atom stereocenters. The summed E-state index contributed by atoms with van der Waals surface area (Å²) >= 11 is 0. The molecule has 4 aromatic rings. The lowest BCUT2D eigenvalue weighted by molar-refractivity contribution is -0.119. The van der Waals surface area contributed by atoms with E-state index in [2.05, 4.69) is 63.7 Å². The number of fused-ring (bicyclic) bond motifs is 1. The second kappa shape index (κ2) is 9.30. The van der Waals surface area contributed by atoms with Crippen LogP contribution in [-0.2, 0) is 11.3 Å². The van der Waals surface area contributed by atoms with Gasteiger partial charge in [-0.3, -0.25) is 4.79 Å². The molecule has 4 rings (SSSR count). The van der Waals surface area contributed by atoms with E-state index in [1.165, 1.54) is 11.1 Å². The fraction of sp³-hybridized carbons (Fsp3) is 0.154. The number of aromatic nitrogens is 1. The van der Waals surface area contributed by atoms with Gasteiger partial charge in [0, 0.05) is 34.4 Å². The number of rotatable bonds is 7. The van der Waals surface area contributed by atoms with E-state index in [1.54, 1.807) is 6.21 Å². The van der Waals surface area contributed by atoms with Crippen LogP contribution in [0.25, 0.3) is 10.9 Å². The topological polar surface area (TPSA) is 58.4 Å². The van der Waals surface area contributed by atoms with E-state index in [9.17, 15) is 4.79 Å². The normalized spacial score (nSPS) is 11.2. The molecule has 0 aliphatic heterocycles. The Morgan fingerprint density at radius 1 is 0.935 bits per heavy atom. The van der Waals surface area contributed by atoms with Crippen LogP contribution >= 0.6 is 0 Å². The van der Waals surface area contributed by atoms with Crippen molar-refractivity contribution in [3.63, 3.8) is 0 Å². The smallest absolute Gasteiger partial charge is 0.259 e. The van der Waals surface area contributed by atoms with Crippen molar-refractivity contribution in [1.29, 1.82) is 0 Å². The van der Waals surface area contributed by atoms with Gasteiger partial charge in [0.25, 0.3) is 5.91 Å². The number of para-hydroxylation sites is 1. The van der Waals surface area contributed by atoms with Gasteiger partial charge in [-0.1, -0.05) is 66.2 Å². The highest BCUT2D eigenvalue weighted by molar-refractivity contribution is 6.01. The van der Waals surface area contributed by atoms with Crippen molar-refractivity contribution in [1.82, 2.24) is 9.99 Å². The molecule has 0 saturated carbocycles. The van der Waals surface area contributed by atoms with Crippen molar-refractivity contribution in [2.45, 2.75) is 20.4 Å². The Hall–Kier alpha value is -3.86. The molecule has 1 heterocycles. The molecule has 0 unspecified atom stereocenters. The number of carbonyl (C=O) groups excluding carboxylic acids is 1. The zero-order valence-electron chi connectivity index (χ0n) is 17.8. The molecule has 2 N–H and O–H groups in total. The molecule has 5 nitrogen and oxygen atoms in total. The molecule has 31 heavy (non-hydrogen) atoms. The Morgan fingerprint density at radius 2 is 1.65 bits per heavy atom. The van der Waals surface area contributed by atoms with Crippen LogP contribution < -0.4 is 10.7 Å². The van der Waals surface area contributed by atoms with Crippen molar-refractivity contribution in [3.05, 3.63) is 101 Å². The number of anilines is 1. The highest BCUT2D eigenvalue weighted by atomic mass is 16.2. The van der Waals surface area contributed by atoms with Crippen molar-refractivity contribution in [2.24, 2.45) is 5.10 Å². The third-order valence-electron chi connectivity index (χ3n) is 5.35. The van der Waals surface area contributed by atoms with E-state index < -0.39 is 0 Å². The fourth-order valence-electron chi connectivity index (χ4n) is 3.65. The quantitative estimate of drug-likeness (QED) is 0.337. The SMILES string of the molecule is Cc1ccc(NCC(=O)N/N=C\c2c(C)n(Cc3ccccc3)c3ccccc23)cc1. The van der Waals surface area contributed by atoms with E-state index in [-0.39, 0.29) is 12.5 Å². The summed E-state index contributed by atoms with van der Waals surface area (Å²) in [6, 6.07) is 26.6. The summed E-state index contributed by atoms with van der Waals surface area (Å²) in [5.41, 5.74) is 9.23. The average Bonchev–Trinajstić information content (AvgIpc) is 3.05. The molecule has 5 heteroatoms. The molecule has 0 saturated heterocycles. The lowest BCUT2D eigenvalue weighted by Gasteiger charge is -2.08. The van der Waals surface area contributed by atoms with Crippen LogP contribution in [0.1, 0.15) is 22.4 Å². The molecule has 0 fully saturated rings. The zero-order valence-corrected chi connectivity index (χ0v) is 17.8. The summed E-state index contributed by atoms with van der Waals surface area (Å²) in [5, 5.41) is 8.44. The fourth-order valence-corrected chi connectivity index (χ4v) is 3.65. The lowest BCUT2D eigenvalue weighted by atomic mass is 10.1. The zero-order chi connectivity index (χ0) is 21.6. The number of hydrogen-bond acceptors (Lipinski definition) is 3. The number of aryl methyl sites for hydroxylation is 1. The summed E-state index contributed by atoms with van der Waals surface area (Å²) in [6.45, 7) is 5.07. The molecular formula is C26H26N4O. The summed E-state index contributed by atoms with van der Waals surface area (Å²) in [5.74, 6) is -0.192. The Morgan fingerprint density at radius 3 is 2.42 bits per heavy atom. The third kappa shape index (κ3) is 4.83. The number of nitrogens with one attached hydrogen (secondary N) is 2. The first-order valence-corrected chi connectivity index (χ1v) is 10.4. The van der Waals surface area contributed by atoms with Crippen LogP contribution in [0, 0.1) is 13.8 Å². The van der Waals surface area contributed by atoms with Gasteiger partial charge in [0.2, 0.25) is 0 Å². The summed E-state index contributed by atoms with van der Waals surface area (Å²) in [6.07, 6.45) is 1.74. The van der Waals surface area contributed by atoms with Gasteiger partial charge in [0.05, 0.1) is 12.8 Å². The maximum atomic E-state index is 12.2. The standard InChI is InChI=1S/C26H26N4O/c1-19-12-14-22(15-13-19)27-17-26(31)29-28-16-24-20(2)30(18-21-8-4-3-5-9-21)25-11-7-6-10-23(24)25/h3-16,27H,17-18H2,1-2H3,(H,29,31)/b28-16-. The monoisotopic (exact) mass is 410 g/mol. The lowest BCUT2D eigenvalue weighted by Crippen LogP contribution is -2.25. The first kappa shape index (κ1) is 20.4. The van der Waals surface area contributed by atoms with Gasteiger partial charge in [0.1, 0.15) is 0 Å². The van der Waals surface area contributed by atoms with Crippen LogP contribution in [0.15, 0.2) is 84.0 Å². The van der Waals surface area contributed by atoms with Crippen LogP contribution in [0.5, 0.6) is 0 Å². The number of benzene rings is 3. The Bertz CT molecular complexity index is 1210. The van der Waals surface area contributed by atoms with Gasteiger partial charge in [-0.15, -0.1) is 0 Å². The van der Waals surface area contributed by atoms with Crippen molar-refractivity contribution < 1.29 is 4.79 Å². The Balaban J connectivity index is 1.47. The number of carbonyl (C=O) groups is 1. The van der Waals surface area contributed by atoms with Crippen LogP contribution in [-0.4, -0.2) is 23.2 Å². The van der Waals surface area contributed by atoms with Gasteiger partial charge in [-0.25, -0.2) is 5.43 Å². The van der Waals surface area contributed by atoms with Gasteiger partial charge >= 0.3 is 0 Å². The van der Waals surface area contributed by atoms with E-state index in [0.29, 0.717) is 0 Å². The molecule has 156 valence electrons. The molecular weight excluding hydrogens is 384 g/mol. The largest absolute Gasteiger partial charge is 0.376 e. The number of nitrogens with zero attached hydrogens (tertiary/aromatic N) is 2. The minimum Gasteiger partial charge on any atom is -0.376 e. The number of amides is 1. The summed E-state index contributed by atoms with van der Waals surface area (Å²) < 4.78 is 2.28. The highest BCUT2D eigenvalue weighted by Crippen LogP contribution is 2.25. The average molecular weight is 411 g/mol. The minimum absolute atomic E-state index is 0.162. The first-order valence-electron chi connectivity index (χ1n) is 10.4. The van der Waals surface area contributed by atoms with E-state index in [1.807, 2.05) is 49.4 Å². The molecule has 3 aromatic carbocycles. The minimum atomic E-state index is -0.192. The van der Waals surface area contributed by atoms with Crippen molar-refractivity contribution >= 4 is 28.7 Å². The molecule has 0 spiro atoms. The maximum absolute atomic E-state index is 12.2. The van der Waals surface area contributed by atoms with E-state index in [0.717, 1.165) is 34.4 Å². The maximum Gasteiger partial charge on any atom is 0.259 e. The Kier molecular flexibility index (Phi) is 6.13. The van der Waals surface area contributed by atoms with Gasteiger partial charge in [-0.2, -0.15) is 5.10 Å². The van der Waals surface area contributed by atoms with Crippen LogP contribution in [0.3, 0.4) is 0 Å². The van der Waals surface area contributed by atoms with Gasteiger partial charge in [0.15, 0.2) is 0 Å².